The first-order valence-electron chi connectivity index (χ1n) is 3.06. The van der Waals surface area contributed by atoms with Crippen LogP contribution in [0.1, 0.15) is 19.3 Å². The van der Waals surface area contributed by atoms with E-state index in [4.69, 9.17) is 11.5 Å². The quantitative estimate of drug-likeness (QED) is 0.388. The van der Waals surface area contributed by atoms with Crippen molar-refractivity contribution in [2.75, 3.05) is 0 Å². The van der Waals surface area contributed by atoms with Gasteiger partial charge in [-0.05, 0) is 18.8 Å². The molecule has 0 spiro atoms. The Hall–Kier alpha value is 2.07. The molecule has 1 aliphatic rings. The third kappa shape index (κ3) is 5.68. The standard InChI is InChI=1S/C5H12N2.2HI.Pt/c6-5(7)4-2-1-3-4;;;/h4-5H,1-3,6-7H2;2*1H;/q;;;+2/p-2. The molecule has 0 unspecified atom stereocenters. The van der Waals surface area contributed by atoms with E-state index in [0.717, 1.165) is 0 Å². The molecule has 0 atom stereocenters. The maximum atomic E-state index is 5.38. The Morgan fingerprint density at radius 2 is 1.70 bits per heavy atom. The van der Waals surface area contributed by atoms with Gasteiger partial charge < -0.3 is 11.5 Å². The number of hydrogen-bond donors (Lipinski definition) is 2. The summed E-state index contributed by atoms with van der Waals surface area (Å²) >= 11 is 5.30. The molecule has 2 nitrogen and oxygen atoms in total. The van der Waals surface area contributed by atoms with Crippen LogP contribution in [0.5, 0.6) is 0 Å². The van der Waals surface area contributed by atoms with E-state index in [1.165, 1.54) is 19.3 Å². The second kappa shape index (κ2) is 7.70. The average molecular weight is 549 g/mol. The van der Waals surface area contributed by atoms with Crippen molar-refractivity contribution in [3.8, 4) is 0 Å². The van der Waals surface area contributed by atoms with Gasteiger partial charge in [0, 0.05) is 0 Å². The molecule has 0 aliphatic heterocycles. The predicted octanol–water partition coefficient (Wildman–Crippen LogP) is 1.80. The van der Waals surface area contributed by atoms with Gasteiger partial charge in [-0.15, -0.1) is 0 Å². The van der Waals surface area contributed by atoms with Crippen LogP contribution in [0.15, 0.2) is 0 Å². The van der Waals surface area contributed by atoms with Crippen LogP contribution < -0.4 is 11.5 Å². The molecule has 0 aromatic heterocycles. The van der Waals surface area contributed by atoms with Gasteiger partial charge in [0.25, 0.3) is 0 Å². The van der Waals surface area contributed by atoms with Gasteiger partial charge in [-0.1, -0.05) is 6.42 Å². The molecular formula is C5H12I2N2Pt. The van der Waals surface area contributed by atoms with Crippen molar-refractivity contribution in [1.29, 1.82) is 0 Å². The van der Waals surface area contributed by atoms with E-state index < -0.39 is 0 Å². The first-order chi connectivity index (χ1) is 4.72. The molecule has 0 saturated heterocycles. The summed E-state index contributed by atoms with van der Waals surface area (Å²) in [5.41, 5.74) is 10.8. The van der Waals surface area contributed by atoms with Crippen molar-refractivity contribution in [3.63, 3.8) is 0 Å². The number of halogens is 2. The van der Waals surface area contributed by atoms with E-state index in [2.05, 4.69) is 38.7 Å². The molecule has 0 aromatic carbocycles. The van der Waals surface area contributed by atoms with Gasteiger partial charge in [0.1, 0.15) is 0 Å². The first-order valence-corrected chi connectivity index (χ1v) is 15.9. The van der Waals surface area contributed by atoms with Crippen LogP contribution >= 0.6 is 38.7 Å². The molecule has 0 heterocycles. The third-order valence-corrected chi connectivity index (χ3v) is 1.69. The number of hydrogen-bond acceptors (Lipinski definition) is 2. The van der Waals surface area contributed by atoms with Crippen molar-refractivity contribution in [2.24, 2.45) is 17.4 Å². The Labute approximate surface area is 91.4 Å². The molecule has 1 fully saturated rings. The topological polar surface area (TPSA) is 52.0 Å². The molecule has 66 valence electrons. The molecule has 5 heteroatoms. The molecule has 0 radical (unpaired) electrons. The fourth-order valence-corrected chi connectivity index (χ4v) is 0.825. The van der Waals surface area contributed by atoms with Crippen LogP contribution in [0.25, 0.3) is 0 Å². The Bertz CT molecular complexity index is 78.0. The summed E-state index contributed by atoms with van der Waals surface area (Å²) in [5, 5.41) is 0. The normalized spacial score (nSPS) is 18.1. The summed E-state index contributed by atoms with van der Waals surface area (Å²) in [5.74, 6) is 0.639. The summed E-state index contributed by atoms with van der Waals surface area (Å²) in [4.78, 5) is 0. The van der Waals surface area contributed by atoms with Crippen LogP contribution in [0.4, 0.5) is 0 Å². The van der Waals surface area contributed by atoms with Crippen LogP contribution in [0.2, 0.25) is 0 Å². The van der Waals surface area contributed by atoms with Crippen molar-refractivity contribution in [2.45, 2.75) is 25.4 Å². The second-order valence-electron chi connectivity index (χ2n) is 2.31. The molecule has 10 heavy (non-hydrogen) atoms. The van der Waals surface area contributed by atoms with E-state index in [9.17, 15) is 0 Å². The van der Waals surface area contributed by atoms with Crippen molar-refractivity contribution < 1.29 is 11.2 Å². The fourth-order valence-electron chi connectivity index (χ4n) is 0.825. The molecule has 0 aromatic rings. The van der Waals surface area contributed by atoms with E-state index in [1.807, 2.05) is 0 Å². The Balaban J connectivity index is 0.000000236. The van der Waals surface area contributed by atoms with E-state index >= 15 is 0 Å². The second-order valence-corrected chi connectivity index (χ2v) is 18.9. The Kier molecular flexibility index (Phi) is 9.30. The van der Waals surface area contributed by atoms with Gasteiger partial charge in [0.15, 0.2) is 0 Å². The molecule has 4 N–H and O–H groups in total. The van der Waals surface area contributed by atoms with Crippen molar-refractivity contribution in [3.05, 3.63) is 0 Å². The molecule has 1 saturated carbocycles. The van der Waals surface area contributed by atoms with Gasteiger partial charge in [0.2, 0.25) is 0 Å². The summed E-state index contributed by atoms with van der Waals surface area (Å²) in [6, 6.07) is 0. The average Bonchev–Trinajstić information content (AvgIpc) is 1.59. The third-order valence-electron chi connectivity index (χ3n) is 1.69. The molecule has 1 aliphatic carbocycles. The SMILES string of the molecule is NC(N)C1CCC1.[I][Pt][I]. The monoisotopic (exact) mass is 549 g/mol. The zero-order chi connectivity index (χ0) is 7.98. The fraction of sp³-hybridized carbons (Fsp3) is 1.00. The molecular weight excluding hydrogens is 537 g/mol. The number of nitrogens with two attached hydrogens (primary N) is 2. The van der Waals surface area contributed by atoms with E-state index in [1.54, 1.807) is 0 Å². The summed E-state index contributed by atoms with van der Waals surface area (Å²) in [7, 11) is 0. The van der Waals surface area contributed by atoms with Gasteiger partial charge in [-0.3, -0.25) is 0 Å². The van der Waals surface area contributed by atoms with E-state index in [-0.39, 0.29) is 6.17 Å². The van der Waals surface area contributed by atoms with Crippen LogP contribution in [0.3, 0.4) is 0 Å². The minimum atomic E-state index is -0.0475. The molecule has 1 rings (SSSR count). The Morgan fingerprint density at radius 1 is 1.30 bits per heavy atom. The molecule has 0 bridgehead atoms. The summed E-state index contributed by atoms with van der Waals surface area (Å²) < 4.78 is 0. The molecule has 0 amide bonds. The van der Waals surface area contributed by atoms with Crippen molar-refractivity contribution in [1.82, 2.24) is 0 Å². The van der Waals surface area contributed by atoms with Gasteiger partial charge in [0.05, 0.1) is 6.17 Å². The number of rotatable bonds is 1. The first kappa shape index (κ1) is 12.1. The van der Waals surface area contributed by atoms with E-state index in [0.29, 0.717) is 17.1 Å². The zero-order valence-corrected chi connectivity index (χ0v) is 12.1. The predicted molar refractivity (Wildman–Crippen MR) is 57.5 cm³/mol. The Morgan fingerprint density at radius 3 is 1.70 bits per heavy atom. The summed E-state index contributed by atoms with van der Waals surface area (Å²) in [6.07, 6.45) is 3.78. The zero-order valence-electron chi connectivity index (χ0n) is 5.50. The van der Waals surface area contributed by atoms with Gasteiger partial charge in [-0.2, -0.15) is 0 Å². The minimum absolute atomic E-state index is 0.0475. The van der Waals surface area contributed by atoms with Crippen LogP contribution in [-0.4, -0.2) is 6.17 Å². The van der Waals surface area contributed by atoms with Crippen molar-refractivity contribution >= 4 is 38.7 Å². The van der Waals surface area contributed by atoms with Gasteiger partial charge >= 0.3 is 49.9 Å². The maximum absolute atomic E-state index is 5.38. The van der Waals surface area contributed by atoms with Gasteiger partial charge in [-0.25, -0.2) is 0 Å². The van der Waals surface area contributed by atoms with Crippen LogP contribution in [0, 0.1) is 5.92 Å². The summed E-state index contributed by atoms with van der Waals surface area (Å²) in [6.45, 7) is 0. The van der Waals surface area contributed by atoms with Crippen LogP contribution in [-0.2, 0) is 11.2 Å².